The van der Waals surface area contributed by atoms with Gasteiger partial charge in [-0.1, -0.05) is 40.0 Å². The van der Waals surface area contributed by atoms with E-state index in [0.717, 1.165) is 43.8 Å². The highest BCUT2D eigenvalue weighted by molar-refractivity contribution is 14.0. The standard InChI is InChI=1S/C16H32N6.HI/c1-5-8-9-14(6-2)12-19-16(17-4)18-10-11-22-13-20-21-15(22)7-3;/h13-14H,5-12H2,1-4H3,(H2,17,18,19);1H. The van der Waals surface area contributed by atoms with E-state index in [1.165, 1.54) is 25.7 Å². The van der Waals surface area contributed by atoms with E-state index in [1.807, 2.05) is 7.05 Å². The summed E-state index contributed by atoms with van der Waals surface area (Å²) < 4.78 is 2.08. The monoisotopic (exact) mass is 436 g/mol. The van der Waals surface area contributed by atoms with Crippen LogP contribution in [0, 0.1) is 5.92 Å². The average Bonchev–Trinajstić information content (AvgIpc) is 3.00. The number of unbranched alkanes of at least 4 members (excludes halogenated alkanes) is 1. The number of nitrogens with one attached hydrogen (secondary N) is 2. The maximum Gasteiger partial charge on any atom is 0.191 e. The van der Waals surface area contributed by atoms with Crippen LogP contribution in [0.2, 0.25) is 0 Å². The first-order valence-corrected chi connectivity index (χ1v) is 8.56. The number of nitrogens with zero attached hydrogens (tertiary/aromatic N) is 4. The van der Waals surface area contributed by atoms with Crippen LogP contribution in [-0.2, 0) is 13.0 Å². The zero-order chi connectivity index (χ0) is 16.2. The van der Waals surface area contributed by atoms with Gasteiger partial charge in [0.1, 0.15) is 12.2 Å². The van der Waals surface area contributed by atoms with Gasteiger partial charge in [0.25, 0.3) is 0 Å². The maximum atomic E-state index is 4.29. The van der Waals surface area contributed by atoms with E-state index >= 15 is 0 Å². The van der Waals surface area contributed by atoms with Crippen LogP contribution in [0.4, 0.5) is 0 Å². The van der Waals surface area contributed by atoms with Crippen LogP contribution < -0.4 is 10.6 Å². The summed E-state index contributed by atoms with van der Waals surface area (Å²) in [6, 6.07) is 0. The molecule has 134 valence electrons. The minimum Gasteiger partial charge on any atom is -0.356 e. The van der Waals surface area contributed by atoms with Crippen molar-refractivity contribution in [3.05, 3.63) is 12.2 Å². The normalized spacial score (nSPS) is 12.6. The van der Waals surface area contributed by atoms with Crippen molar-refractivity contribution in [1.29, 1.82) is 0 Å². The Balaban J connectivity index is 0.00000484. The second-order valence-electron chi connectivity index (χ2n) is 5.59. The van der Waals surface area contributed by atoms with Crippen molar-refractivity contribution >= 4 is 29.9 Å². The quantitative estimate of drug-likeness (QED) is 0.336. The van der Waals surface area contributed by atoms with Crippen molar-refractivity contribution < 1.29 is 0 Å². The number of hydrogen-bond acceptors (Lipinski definition) is 3. The predicted octanol–water partition coefficient (Wildman–Crippen LogP) is 2.84. The molecule has 2 N–H and O–H groups in total. The van der Waals surface area contributed by atoms with Crippen LogP contribution in [0.1, 0.15) is 52.3 Å². The maximum absolute atomic E-state index is 4.29. The predicted molar refractivity (Wildman–Crippen MR) is 107 cm³/mol. The van der Waals surface area contributed by atoms with Crippen LogP contribution >= 0.6 is 24.0 Å². The second kappa shape index (κ2) is 13.6. The van der Waals surface area contributed by atoms with Gasteiger partial charge in [-0.05, 0) is 12.3 Å². The summed E-state index contributed by atoms with van der Waals surface area (Å²) >= 11 is 0. The zero-order valence-corrected chi connectivity index (χ0v) is 17.3. The smallest absolute Gasteiger partial charge is 0.191 e. The number of rotatable bonds is 10. The van der Waals surface area contributed by atoms with Gasteiger partial charge in [-0.25, -0.2) is 0 Å². The highest BCUT2D eigenvalue weighted by Crippen LogP contribution is 2.10. The average molecular weight is 436 g/mol. The molecule has 0 saturated carbocycles. The lowest BCUT2D eigenvalue weighted by Crippen LogP contribution is -2.41. The molecular formula is C16H33IN6. The molecule has 23 heavy (non-hydrogen) atoms. The Morgan fingerprint density at radius 1 is 1.30 bits per heavy atom. The molecule has 0 aliphatic rings. The van der Waals surface area contributed by atoms with E-state index in [0.29, 0.717) is 0 Å². The van der Waals surface area contributed by atoms with E-state index in [4.69, 9.17) is 0 Å². The Bertz CT molecular complexity index is 432. The summed E-state index contributed by atoms with van der Waals surface area (Å²) in [6.07, 6.45) is 7.76. The number of aliphatic imine (C=N–C) groups is 1. The Kier molecular flexibility index (Phi) is 13.1. The molecule has 0 bridgehead atoms. The highest BCUT2D eigenvalue weighted by atomic mass is 127. The number of aryl methyl sites for hydroxylation is 1. The molecule has 1 rings (SSSR count). The molecule has 6 nitrogen and oxygen atoms in total. The molecule has 1 aromatic heterocycles. The molecule has 0 aliphatic carbocycles. The largest absolute Gasteiger partial charge is 0.356 e. The Labute approximate surface area is 158 Å². The summed E-state index contributed by atoms with van der Waals surface area (Å²) in [4.78, 5) is 4.29. The van der Waals surface area contributed by atoms with Gasteiger partial charge < -0.3 is 15.2 Å². The van der Waals surface area contributed by atoms with Crippen LogP contribution in [-0.4, -0.2) is 40.9 Å². The highest BCUT2D eigenvalue weighted by Gasteiger charge is 2.07. The molecular weight excluding hydrogens is 403 g/mol. The molecule has 0 aromatic carbocycles. The Morgan fingerprint density at radius 2 is 2.09 bits per heavy atom. The first-order valence-electron chi connectivity index (χ1n) is 8.56. The van der Waals surface area contributed by atoms with Crippen molar-refractivity contribution in [2.45, 2.75) is 59.4 Å². The van der Waals surface area contributed by atoms with Gasteiger partial charge in [0.15, 0.2) is 5.96 Å². The number of guanidine groups is 1. The Morgan fingerprint density at radius 3 is 2.70 bits per heavy atom. The number of halogens is 1. The minimum absolute atomic E-state index is 0. The van der Waals surface area contributed by atoms with Gasteiger partial charge in [-0.3, -0.25) is 4.99 Å². The van der Waals surface area contributed by atoms with Gasteiger partial charge in [-0.15, -0.1) is 34.2 Å². The second-order valence-corrected chi connectivity index (χ2v) is 5.59. The summed E-state index contributed by atoms with van der Waals surface area (Å²) in [5, 5.41) is 14.8. The summed E-state index contributed by atoms with van der Waals surface area (Å²) in [7, 11) is 1.82. The van der Waals surface area contributed by atoms with Gasteiger partial charge in [0.2, 0.25) is 0 Å². The summed E-state index contributed by atoms with van der Waals surface area (Å²) in [5.74, 6) is 2.62. The van der Waals surface area contributed by atoms with E-state index in [1.54, 1.807) is 6.33 Å². The fourth-order valence-corrected chi connectivity index (χ4v) is 2.44. The number of aromatic nitrogens is 3. The first kappa shape index (κ1) is 22.1. The lowest BCUT2D eigenvalue weighted by molar-refractivity contribution is 0.443. The molecule has 0 aliphatic heterocycles. The van der Waals surface area contributed by atoms with E-state index < -0.39 is 0 Å². The van der Waals surface area contributed by atoms with Gasteiger partial charge >= 0.3 is 0 Å². The van der Waals surface area contributed by atoms with Gasteiger partial charge in [0, 0.05) is 33.1 Å². The van der Waals surface area contributed by atoms with E-state index in [-0.39, 0.29) is 24.0 Å². The van der Waals surface area contributed by atoms with Crippen molar-refractivity contribution in [3.8, 4) is 0 Å². The molecule has 1 aromatic rings. The lowest BCUT2D eigenvalue weighted by Gasteiger charge is -2.18. The molecule has 1 atom stereocenters. The molecule has 7 heteroatoms. The fraction of sp³-hybridized carbons (Fsp3) is 0.812. The van der Waals surface area contributed by atoms with Crippen LogP contribution in [0.5, 0.6) is 0 Å². The van der Waals surface area contributed by atoms with E-state index in [2.05, 4.69) is 51.2 Å². The molecule has 0 amide bonds. The third-order valence-corrected chi connectivity index (χ3v) is 3.98. The molecule has 0 saturated heterocycles. The first-order chi connectivity index (χ1) is 10.7. The van der Waals surface area contributed by atoms with Gasteiger partial charge in [-0.2, -0.15) is 0 Å². The molecule has 0 radical (unpaired) electrons. The molecule has 0 spiro atoms. The Hall–Kier alpha value is -0.860. The minimum atomic E-state index is 0. The van der Waals surface area contributed by atoms with Crippen molar-refractivity contribution in [2.24, 2.45) is 10.9 Å². The third kappa shape index (κ3) is 8.53. The fourth-order valence-electron chi connectivity index (χ4n) is 2.44. The lowest BCUT2D eigenvalue weighted by atomic mass is 9.99. The molecule has 0 fully saturated rings. The van der Waals surface area contributed by atoms with Crippen molar-refractivity contribution in [3.63, 3.8) is 0 Å². The zero-order valence-electron chi connectivity index (χ0n) is 15.0. The summed E-state index contributed by atoms with van der Waals surface area (Å²) in [6.45, 7) is 9.26. The van der Waals surface area contributed by atoms with Crippen molar-refractivity contribution in [1.82, 2.24) is 25.4 Å². The molecule has 1 unspecified atom stereocenters. The number of hydrogen-bond donors (Lipinski definition) is 2. The van der Waals surface area contributed by atoms with Gasteiger partial charge in [0.05, 0.1) is 0 Å². The summed E-state index contributed by atoms with van der Waals surface area (Å²) in [5.41, 5.74) is 0. The van der Waals surface area contributed by atoms with Crippen LogP contribution in [0.25, 0.3) is 0 Å². The van der Waals surface area contributed by atoms with E-state index in [9.17, 15) is 0 Å². The van der Waals surface area contributed by atoms with Crippen LogP contribution in [0.3, 0.4) is 0 Å². The van der Waals surface area contributed by atoms with Crippen molar-refractivity contribution in [2.75, 3.05) is 20.1 Å². The molecule has 1 heterocycles. The van der Waals surface area contributed by atoms with Crippen LogP contribution in [0.15, 0.2) is 11.3 Å². The SMILES string of the molecule is CCCCC(CC)CNC(=NC)NCCn1cnnc1CC.I. The third-order valence-electron chi connectivity index (χ3n) is 3.98. The topological polar surface area (TPSA) is 67.1 Å².